The van der Waals surface area contributed by atoms with E-state index in [1.54, 1.807) is 0 Å². The average Bonchev–Trinajstić information content (AvgIpc) is 2.26. The van der Waals surface area contributed by atoms with Gasteiger partial charge in [-0.15, -0.1) is 11.8 Å². The van der Waals surface area contributed by atoms with Crippen molar-refractivity contribution in [2.45, 2.75) is 25.2 Å². The number of nitrogen functional groups attached to an aromatic ring is 1. The molecule has 0 spiro atoms. The number of hydrogen-bond acceptors (Lipinski definition) is 3. The molecule has 3 nitrogen and oxygen atoms in total. The molecule has 5 heteroatoms. The van der Waals surface area contributed by atoms with Crippen LogP contribution >= 0.6 is 11.8 Å². The Labute approximate surface area is 105 Å². The minimum absolute atomic E-state index is 0.0860. The largest absolute Gasteiger partial charge is 0.398 e. The zero-order chi connectivity index (χ0) is 13.0. The maximum absolute atomic E-state index is 13.6. The van der Waals surface area contributed by atoms with Crippen molar-refractivity contribution in [1.82, 2.24) is 0 Å². The van der Waals surface area contributed by atoms with Gasteiger partial charge in [-0.2, -0.15) is 0 Å². The third-order valence-electron chi connectivity index (χ3n) is 2.59. The van der Waals surface area contributed by atoms with E-state index < -0.39 is 11.7 Å². The number of benzene rings is 1. The van der Waals surface area contributed by atoms with E-state index in [0.29, 0.717) is 10.8 Å². The number of rotatable bonds is 5. The van der Waals surface area contributed by atoms with Gasteiger partial charge in [0.25, 0.3) is 5.91 Å². The highest BCUT2D eigenvalue weighted by Crippen LogP contribution is 2.28. The van der Waals surface area contributed by atoms with Gasteiger partial charge in [0.05, 0.1) is 5.56 Å². The average molecular weight is 256 g/mol. The Balaban J connectivity index is 2.92. The predicted octanol–water partition coefficient (Wildman–Crippen LogP) is 2.64. The van der Waals surface area contributed by atoms with Gasteiger partial charge in [-0.05, 0) is 18.1 Å². The Morgan fingerprint density at radius 1 is 1.53 bits per heavy atom. The lowest BCUT2D eigenvalue weighted by molar-refractivity contribution is 0.100. The van der Waals surface area contributed by atoms with Crippen molar-refractivity contribution in [1.29, 1.82) is 0 Å². The number of nitrogens with two attached hydrogens (primary N) is 2. The van der Waals surface area contributed by atoms with Crippen molar-refractivity contribution in [3.05, 3.63) is 23.5 Å². The second-order valence-corrected chi connectivity index (χ2v) is 5.12. The van der Waals surface area contributed by atoms with E-state index in [4.69, 9.17) is 11.5 Å². The summed E-state index contributed by atoms with van der Waals surface area (Å²) < 4.78 is 13.6. The lowest BCUT2D eigenvalue weighted by Crippen LogP contribution is -2.14. The van der Waals surface area contributed by atoms with Gasteiger partial charge in [-0.25, -0.2) is 4.39 Å². The second kappa shape index (κ2) is 5.91. The molecule has 0 aromatic heterocycles. The van der Waals surface area contributed by atoms with Gasteiger partial charge in [0, 0.05) is 16.3 Å². The molecule has 1 amide bonds. The monoisotopic (exact) mass is 256 g/mol. The molecule has 94 valence electrons. The van der Waals surface area contributed by atoms with E-state index in [1.165, 1.54) is 17.8 Å². The minimum atomic E-state index is -0.632. The first-order valence-corrected chi connectivity index (χ1v) is 6.45. The normalized spacial score (nSPS) is 12.4. The van der Waals surface area contributed by atoms with Gasteiger partial charge in [0.2, 0.25) is 0 Å². The van der Waals surface area contributed by atoms with Crippen molar-refractivity contribution in [3.63, 3.8) is 0 Å². The van der Waals surface area contributed by atoms with Crippen LogP contribution in [0.4, 0.5) is 10.1 Å². The highest BCUT2D eigenvalue weighted by Gasteiger charge is 2.12. The number of anilines is 1. The molecule has 17 heavy (non-hydrogen) atoms. The summed E-state index contributed by atoms with van der Waals surface area (Å²) in [6.45, 7) is 4.18. The smallest absolute Gasteiger partial charge is 0.250 e. The summed E-state index contributed by atoms with van der Waals surface area (Å²) in [5.41, 5.74) is 11.0. The highest BCUT2D eigenvalue weighted by atomic mass is 32.2. The van der Waals surface area contributed by atoms with Crippen LogP contribution in [0, 0.1) is 11.7 Å². The van der Waals surface area contributed by atoms with E-state index >= 15 is 0 Å². The lowest BCUT2D eigenvalue weighted by Gasteiger charge is -2.10. The second-order valence-electron chi connectivity index (χ2n) is 4.06. The molecule has 0 radical (unpaired) electrons. The standard InChI is InChI=1S/C12H17FN2OS/c1-3-7(2)6-17-11-4-8(12(15)16)10(14)5-9(11)13/h4-5,7H,3,6,14H2,1-2H3,(H2,15,16). The molecule has 0 aliphatic rings. The first kappa shape index (κ1) is 13.8. The molecule has 0 bridgehead atoms. The van der Waals surface area contributed by atoms with Crippen molar-refractivity contribution < 1.29 is 9.18 Å². The molecule has 1 aromatic rings. The van der Waals surface area contributed by atoms with Crippen LogP contribution < -0.4 is 11.5 Å². The van der Waals surface area contributed by atoms with Gasteiger partial charge in [0.1, 0.15) is 5.82 Å². The summed E-state index contributed by atoms with van der Waals surface area (Å²) >= 11 is 1.38. The van der Waals surface area contributed by atoms with Crippen molar-refractivity contribution >= 4 is 23.4 Å². The predicted molar refractivity (Wildman–Crippen MR) is 69.5 cm³/mol. The fourth-order valence-corrected chi connectivity index (χ4v) is 2.34. The topological polar surface area (TPSA) is 69.1 Å². The molecule has 0 saturated heterocycles. The van der Waals surface area contributed by atoms with Crippen LogP contribution in [0.5, 0.6) is 0 Å². The summed E-state index contributed by atoms with van der Waals surface area (Å²) in [5, 5.41) is 0. The Kier molecular flexibility index (Phi) is 4.81. The third kappa shape index (κ3) is 3.63. The third-order valence-corrected chi connectivity index (χ3v) is 3.95. The van der Waals surface area contributed by atoms with E-state index in [9.17, 15) is 9.18 Å². The number of carbonyl (C=O) groups excluding carboxylic acids is 1. The summed E-state index contributed by atoms with van der Waals surface area (Å²) in [5.74, 6) is 0.262. The first-order valence-electron chi connectivity index (χ1n) is 5.47. The first-order chi connectivity index (χ1) is 7.95. The van der Waals surface area contributed by atoms with E-state index in [1.807, 2.05) is 0 Å². The van der Waals surface area contributed by atoms with Gasteiger partial charge in [-0.3, -0.25) is 4.79 Å². The van der Waals surface area contributed by atoms with Crippen LogP contribution in [-0.2, 0) is 0 Å². The molecule has 0 aliphatic carbocycles. The number of halogens is 1. The Morgan fingerprint density at radius 2 is 2.18 bits per heavy atom. The Morgan fingerprint density at radius 3 is 2.71 bits per heavy atom. The van der Waals surface area contributed by atoms with Crippen LogP contribution in [0.2, 0.25) is 0 Å². The van der Waals surface area contributed by atoms with Crippen molar-refractivity contribution in [2.75, 3.05) is 11.5 Å². The number of hydrogen-bond donors (Lipinski definition) is 2. The summed E-state index contributed by atoms with van der Waals surface area (Å²) in [6, 6.07) is 2.58. The molecule has 0 fully saturated rings. The maximum Gasteiger partial charge on any atom is 0.250 e. The molecule has 1 rings (SSSR count). The zero-order valence-electron chi connectivity index (χ0n) is 10.00. The van der Waals surface area contributed by atoms with E-state index in [0.717, 1.165) is 18.2 Å². The van der Waals surface area contributed by atoms with Crippen LogP contribution in [0.3, 0.4) is 0 Å². The van der Waals surface area contributed by atoms with Gasteiger partial charge >= 0.3 is 0 Å². The number of thioether (sulfide) groups is 1. The lowest BCUT2D eigenvalue weighted by atomic mass is 10.1. The molecule has 1 unspecified atom stereocenters. The summed E-state index contributed by atoms with van der Waals surface area (Å²) in [6.07, 6.45) is 1.03. The molecule has 0 heterocycles. The molecule has 0 aliphatic heterocycles. The molecular formula is C12H17FN2OS. The van der Waals surface area contributed by atoms with Crippen molar-refractivity contribution in [3.8, 4) is 0 Å². The fourth-order valence-electron chi connectivity index (χ4n) is 1.24. The molecule has 4 N–H and O–H groups in total. The van der Waals surface area contributed by atoms with Gasteiger partial charge in [-0.1, -0.05) is 20.3 Å². The van der Waals surface area contributed by atoms with Crippen LogP contribution in [0.25, 0.3) is 0 Å². The maximum atomic E-state index is 13.6. The number of amides is 1. The summed E-state index contributed by atoms with van der Waals surface area (Å²) in [7, 11) is 0. The SMILES string of the molecule is CCC(C)CSc1cc(C(N)=O)c(N)cc1F. The highest BCUT2D eigenvalue weighted by molar-refractivity contribution is 7.99. The molecule has 1 aromatic carbocycles. The molecule has 0 saturated carbocycles. The van der Waals surface area contributed by atoms with E-state index in [2.05, 4.69) is 13.8 Å². The van der Waals surface area contributed by atoms with Crippen molar-refractivity contribution in [2.24, 2.45) is 11.7 Å². The number of carbonyl (C=O) groups is 1. The van der Waals surface area contributed by atoms with Crippen LogP contribution in [0.15, 0.2) is 17.0 Å². The Bertz CT molecular complexity index is 423. The summed E-state index contributed by atoms with van der Waals surface area (Å²) in [4.78, 5) is 11.5. The van der Waals surface area contributed by atoms with Crippen LogP contribution in [0.1, 0.15) is 30.6 Å². The molecule has 1 atom stereocenters. The fraction of sp³-hybridized carbons (Fsp3) is 0.417. The minimum Gasteiger partial charge on any atom is -0.398 e. The Hall–Kier alpha value is -1.23. The van der Waals surface area contributed by atoms with Crippen LogP contribution in [-0.4, -0.2) is 11.7 Å². The van der Waals surface area contributed by atoms with Gasteiger partial charge in [0.15, 0.2) is 0 Å². The number of primary amides is 1. The van der Waals surface area contributed by atoms with E-state index in [-0.39, 0.29) is 11.3 Å². The molecular weight excluding hydrogens is 239 g/mol. The van der Waals surface area contributed by atoms with Gasteiger partial charge < -0.3 is 11.5 Å². The zero-order valence-corrected chi connectivity index (χ0v) is 10.8. The quantitative estimate of drug-likeness (QED) is 0.628.